The molecule has 0 unspecified atom stereocenters. The Morgan fingerprint density at radius 2 is 2.08 bits per heavy atom. The van der Waals surface area contributed by atoms with Crippen molar-refractivity contribution in [2.24, 2.45) is 7.05 Å². The number of fused-ring (bicyclic) bond motifs is 1. The summed E-state index contributed by atoms with van der Waals surface area (Å²) in [5.41, 5.74) is 1.27. The maximum atomic E-state index is 11.6. The molecule has 0 atom stereocenters. The Morgan fingerprint density at radius 3 is 2.77 bits per heavy atom. The van der Waals surface area contributed by atoms with Gasteiger partial charge in [-0.1, -0.05) is 0 Å². The van der Waals surface area contributed by atoms with Gasteiger partial charge in [-0.15, -0.1) is 0 Å². The lowest BCUT2D eigenvalue weighted by Gasteiger charge is -2.08. The minimum atomic E-state index is -0.139. The van der Waals surface area contributed by atoms with E-state index in [2.05, 4.69) is 5.10 Å². The van der Waals surface area contributed by atoms with E-state index in [4.69, 9.17) is 0 Å². The molecular formula is C9H8N2O2. The Balaban J connectivity index is 2.72. The monoisotopic (exact) mass is 176 g/mol. The molecule has 1 aromatic rings. The molecule has 0 radical (unpaired) electrons. The van der Waals surface area contributed by atoms with Crippen LogP contribution in [0.25, 0.3) is 0 Å². The molecule has 0 fully saturated rings. The second kappa shape index (κ2) is 2.39. The highest BCUT2D eigenvalue weighted by Crippen LogP contribution is 2.19. The van der Waals surface area contributed by atoms with Crippen LogP contribution in [0.2, 0.25) is 0 Å². The molecule has 0 amide bonds. The first kappa shape index (κ1) is 7.91. The normalized spacial score (nSPS) is 15.7. The number of nitrogens with zero attached hydrogens (tertiary/aromatic N) is 2. The smallest absolute Gasteiger partial charge is 0.207 e. The average molecular weight is 176 g/mol. The van der Waals surface area contributed by atoms with Gasteiger partial charge in [0.2, 0.25) is 5.78 Å². The molecule has 0 saturated heterocycles. The number of Topliss-reactive ketones (excluding diaryl/α,β-unsaturated/α-hetero) is 1. The maximum Gasteiger partial charge on any atom is 0.207 e. The van der Waals surface area contributed by atoms with Gasteiger partial charge >= 0.3 is 0 Å². The van der Waals surface area contributed by atoms with E-state index in [1.54, 1.807) is 14.0 Å². The molecule has 0 saturated carbocycles. The van der Waals surface area contributed by atoms with E-state index in [9.17, 15) is 9.59 Å². The van der Waals surface area contributed by atoms with Gasteiger partial charge in [-0.25, -0.2) is 0 Å². The Labute approximate surface area is 74.9 Å². The molecule has 4 heteroatoms. The van der Waals surface area contributed by atoms with E-state index >= 15 is 0 Å². The van der Waals surface area contributed by atoms with Gasteiger partial charge in [0.1, 0.15) is 5.69 Å². The van der Waals surface area contributed by atoms with Crippen LogP contribution < -0.4 is 0 Å². The third kappa shape index (κ3) is 0.950. The fourth-order valence-electron chi connectivity index (χ4n) is 1.41. The fraction of sp³-hybridized carbons (Fsp3) is 0.222. The van der Waals surface area contributed by atoms with Gasteiger partial charge in [0, 0.05) is 12.6 Å². The van der Waals surface area contributed by atoms with Crippen molar-refractivity contribution in [3.8, 4) is 0 Å². The van der Waals surface area contributed by atoms with Crippen molar-refractivity contribution in [2.45, 2.75) is 6.92 Å². The lowest BCUT2D eigenvalue weighted by atomic mass is 9.96. The van der Waals surface area contributed by atoms with Crippen molar-refractivity contribution in [1.82, 2.24) is 9.78 Å². The molecule has 1 aliphatic rings. The van der Waals surface area contributed by atoms with E-state index in [0.717, 1.165) is 0 Å². The van der Waals surface area contributed by atoms with Crippen molar-refractivity contribution in [1.29, 1.82) is 0 Å². The molecule has 2 rings (SSSR count). The number of allylic oxidation sites excluding steroid dienone is 2. The first-order valence-corrected chi connectivity index (χ1v) is 3.90. The summed E-state index contributed by atoms with van der Waals surface area (Å²) in [6.07, 6.45) is 2.78. The zero-order valence-corrected chi connectivity index (χ0v) is 7.37. The van der Waals surface area contributed by atoms with Crippen LogP contribution in [0, 0.1) is 0 Å². The van der Waals surface area contributed by atoms with Gasteiger partial charge in [0.25, 0.3) is 0 Å². The third-order valence-electron chi connectivity index (χ3n) is 2.13. The number of rotatable bonds is 0. The Kier molecular flexibility index (Phi) is 1.45. The predicted molar refractivity (Wildman–Crippen MR) is 45.6 cm³/mol. The minimum Gasteiger partial charge on any atom is -0.289 e. The largest absolute Gasteiger partial charge is 0.289 e. The Bertz CT molecular complexity index is 440. The van der Waals surface area contributed by atoms with Crippen molar-refractivity contribution >= 4 is 11.6 Å². The molecule has 13 heavy (non-hydrogen) atoms. The topological polar surface area (TPSA) is 52.0 Å². The summed E-state index contributed by atoms with van der Waals surface area (Å²) < 4.78 is 1.44. The van der Waals surface area contributed by atoms with Crippen molar-refractivity contribution in [3.05, 3.63) is 29.1 Å². The summed E-state index contributed by atoms with van der Waals surface area (Å²) in [4.78, 5) is 22.9. The SMILES string of the molecule is CC1=CC(=O)c2cnn(C)c2C1=O. The van der Waals surface area contributed by atoms with Crippen LogP contribution in [0.1, 0.15) is 27.8 Å². The van der Waals surface area contributed by atoms with Crippen LogP contribution >= 0.6 is 0 Å². The van der Waals surface area contributed by atoms with Crippen LogP contribution in [-0.4, -0.2) is 21.3 Å². The molecular weight excluding hydrogens is 168 g/mol. The standard InChI is InChI=1S/C9H8N2O2/c1-5-3-7(12)6-4-10-11(2)8(6)9(5)13/h3-4H,1-2H3. The number of aromatic nitrogens is 2. The zero-order valence-electron chi connectivity index (χ0n) is 7.37. The number of ketones is 2. The van der Waals surface area contributed by atoms with E-state index in [1.807, 2.05) is 0 Å². The first-order chi connectivity index (χ1) is 6.11. The van der Waals surface area contributed by atoms with E-state index in [0.29, 0.717) is 16.8 Å². The number of carbonyl (C=O) groups excluding carboxylic acids is 2. The summed E-state index contributed by atoms with van der Waals surface area (Å²) in [7, 11) is 1.66. The molecule has 0 aromatic carbocycles. The Hall–Kier alpha value is -1.71. The van der Waals surface area contributed by atoms with E-state index < -0.39 is 0 Å². The average Bonchev–Trinajstić information content (AvgIpc) is 2.44. The van der Waals surface area contributed by atoms with Crippen LogP contribution in [0.15, 0.2) is 17.8 Å². The van der Waals surface area contributed by atoms with Crippen LogP contribution in [-0.2, 0) is 7.05 Å². The molecule has 0 spiro atoms. The van der Waals surface area contributed by atoms with Gasteiger partial charge in [-0.3, -0.25) is 14.3 Å². The minimum absolute atomic E-state index is 0.116. The lowest BCUT2D eigenvalue weighted by molar-refractivity contribution is 0.0978. The molecule has 1 aliphatic carbocycles. The van der Waals surface area contributed by atoms with Crippen molar-refractivity contribution in [3.63, 3.8) is 0 Å². The number of aryl methyl sites for hydroxylation is 1. The summed E-state index contributed by atoms with van der Waals surface area (Å²) >= 11 is 0. The summed E-state index contributed by atoms with van der Waals surface area (Å²) in [5.74, 6) is -0.255. The van der Waals surface area contributed by atoms with Gasteiger partial charge < -0.3 is 0 Å². The highest BCUT2D eigenvalue weighted by atomic mass is 16.1. The van der Waals surface area contributed by atoms with Gasteiger partial charge in [0.05, 0.1) is 11.8 Å². The molecule has 1 aromatic heterocycles. The molecule has 1 heterocycles. The molecule has 0 bridgehead atoms. The fourth-order valence-corrected chi connectivity index (χ4v) is 1.41. The highest BCUT2D eigenvalue weighted by molar-refractivity contribution is 6.23. The predicted octanol–water partition coefficient (Wildman–Crippen LogP) is 0.745. The highest BCUT2D eigenvalue weighted by Gasteiger charge is 2.26. The third-order valence-corrected chi connectivity index (χ3v) is 2.13. The van der Waals surface area contributed by atoms with Crippen LogP contribution in [0.5, 0.6) is 0 Å². The molecule has 0 aliphatic heterocycles. The Morgan fingerprint density at radius 1 is 1.38 bits per heavy atom. The van der Waals surface area contributed by atoms with Crippen molar-refractivity contribution in [2.75, 3.05) is 0 Å². The van der Waals surface area contributed by atoms with E-state index in [-0.39, 0.29) is 11.6 Å². The lowest BCUT2D eigenvalue weighted by Crippen LogP contribution is -2.17. The second-order valence-electron chi connectivity index (χ2n) is 3.05. The van der Waals surface area contributed by atoms with Gasteiger partial charge in [-0.05, 0) is 13.0 Å². The van der Waals surface area contributed by atoms with Gasteiger partial charge in [0.15, 0.2) is 5.78 Å². The maximum absolute atomic E-state index is 11.6. The van der Waals surface area contributed by atoms with Crippen LogP contribution in [0.4, 0.5) is 0 Å². The van der Waals surface area contributed by atoms with E-state index in [1.165, 1.54) is 17.0 Å². The second-order valence-corrected chi connectivity index (χ2v) is 3.05. The molecule has 66 valence electrons. The van der Waals surface area contributed by atoms with Crippen molar-refractivity contribution < 1.29 is 9.59 Å². The number of hydrogen-bond acceptors (Lipinski definition) is 3. The summed E-state index contributed by atoms with van der Waals surface area (Å²) in [6.45, 7) is 1.64. The molecule has 0 N–H and O–H groups in total. The van der Waals surface area contributed by atoms with Crippen LogP contribution in [0.3, 0.4) is 0 Å². The quantitative estimate of drug-likeness (QED) is 0.586. The number of hydrogen-bond donors (Lipinski definition) is 0. The van der Waals surface area contributed by atoms with Gasteiger partial charge in [-0.2, -0.15) is 5.10 Å². The zero-order chi connectivity index (χ0) is 9.59. The molecule has 4 nitrogen and oxygen atoms in total. The summed E-state index contributed by atoms with van der Waals surface area (Å²) in [5, 5.41) is 3.88. The summed E-state index contributed by atoms with van der Waals surface area (Å²) in [6, 6.07) is 0. The first-order valence-electron chi connectivity index (χ1n) is 3.90. The number of carbonyl (C=O) groups is 2.